The number of aromatic nitrogens is 1. The van der Waals surface area contributed by atoms with Gasteiger partial charge < -0.3 is 16.0 Å². The van der Waals surface area contributed by atoms with Gasteiger partial charge in [0.15, 0.2) is 5.13 Å². The minimum absolute atomic E-state index is 0.0758. The quantitative estimate of drug-likeness (QED) is 0.855. The second kappa shape index (κ2) is 5.56. The molecule has 1 fully saturated rings. The highest BCUT2D eigenvalue weighted by molar-refractivity contribution is 7.18. The molecule has 18 heavy (non-hydrogen) atoms. The molecule has 1 heterocycles. The van der Waals surface area contributed by atoms with Crippen molar-refractivity contribution >= 4 is 28.2 Å². The number of nitrogen functional groups attached to an aromatic ring is 1. The molecule has 0 spiro atoms. The maximum Gasteiger partial charge on any atom is 0.265 e. The van der Waals surface area contributed by atoms with Crippen molar-refractivity contribution in [3.8, 4) is 0 Å². The molecule has 0 atom stereocenters. The van der Waals surface area contributed by atoms with Gasteiger partial charge in [-0.15, -0.1) is 0 Å². The Hall–Kier alpha value is -1.30. The van der Waals surface area contributed by atoms with Crippen molar-refractivity contribution in [3.63, 3.8) is 0 Å². The fourth-order valence-electron chi connectivity index (χ4n) is 1.92. The molecule has 1 amide bonds. The third-order valence-electron chi connectivity index (χ3n) is 3.32. The zero-order chi connectivity index (χ0) is 13.1. The monoisotopic (exact) mass is 268 g/mol. The molecule has 1 aliphatic rings. The van der Waals surface area contributed by atoms with Crippen LogP contribution in [0.15, 0.2) is 0 Å². The molecule has 1 aromatic heterocycles. The smallest absolute Gasteiger partial charge is 0.265 e. The van der Waals surface area contributed by atoms with Gasteiger partial charge in [-0.3, -0.25) is 4.79 Å². The predicted molar refractivity (Wildman–Crippen MR) is 75.2 cm³/mol. The van der Waals surface area contributed by atoms with Crippen LogP contribution in [0, 0.1) is 0 Å². The highest BCUT2D eigenvalue weighted by Crippen LogP contribution is 2.28. The van der Waals surface area contributed by atoms with Crippen molar-refractivity contribution < 1.29 is 4.79 Å². The van der Waals surface area contributed by atoms with E-state index in [4.69, 9.17) is 5.73 Å². The molecule has 100 valence electrons. The number of carbonyl (C=O) groups excluding carboxylic acids is 1. The van der Waals surface area contributed by atoms with Crippen LogP contribution in [0.2, 0.25) is 0 Å². The van der Waals surface area contributed by atoms with E-state index >= 15 is 0 Å². The minimum Gasteiger partial charge on any atom is -0.382 e. The lowest BCUT2D eigenvalue weighted by Gasteiger charge is -2.26. The van der Waals surface area contributed by atoms with E-state index in [1.165, 1.54) is 17.8 Å². The molecule has 1 saturated carbocycles. The summed E-state index contributed by atoms with van der Waals surface area (Å²) >= 11 is 1.38. The molecule has 5 nitrogen and oxygen atoms in total. The van der Waals surface area contributed by atoms with Gasteiger partial charge in [-0.1, -0.05) is 11.3 Å². The average Bonchev–Trinajstić information content (AvgIpc) is 2.67. The van der Waals surface area contributed by atoms with Gasteiger partial charge in [0.2, 0.25) is 0 Å². The molecule has 1 aromatic rings. The van der Waals surface area contributed by atoms with Gasteiger partial charge in [0.25, 0.3) is 5.91 Å². The summed E-state index contributed by atoms with van der Waals surface area (Å²) in [5.41, 5.74) is 5.84. The van der Waals surface area contributed by atoms with E-state index in [0.717, 1.165) is 31.1 Å². The first kappa shape index (κ1) is 13.1. The van der Waals surface area contributed by atoms with Crippen LogP contribution in [0.4, 0.5) is 10.9 Å². The lowest BCUT2D eigenvalue weighted by molar-refractivity contribution is 0.0922. The highest BCUT2D eigenvalue weighted by Gasteiger charge is 2.24. The molecule has 0 bridgehead atoms. The lowest BCUT2D eigenvalue weighted by Crippen LogP contribution is -2.39. The molecular weight excluding hydrogens is 248 g/mol. The third-order valence-corrected chi connectivity index (χ3v) is 4.45. The molecular formula is C12H20N4OS. The zero-order valence-corrected chi connectivity index (χ0v) is 11.7. The van der Waals surface area contributed by atoms with E-state index in [9.17, 15) is 4.79 Å². The Labute approximate surface area is 111 Å². The van der Waals surface area contributed by atoms with Crippen LogP contribution < -0.4 is 16.0 Å². The van der Waals surface area contributed by atoms with Gasteiger partial charge in [0.05, 0.1) is 0 Å². The van der Waals surface area contributed by atoms with Crippen LogP contribution in [-0.2, 0) is 0 Å². The van der Waals surface area contributed by atoms with Gasteiger partial charge in [0.1, 0.15) is 10.7 Å². The number of rotatable bonds is 5. The summed E-state index contributed by atoms with van der Waals surface area (Å²) in [6, 6.07) is 0.330. The van der Waals surface area contributed by atoms with Gasteiger partial charge in [-0.05, 0) is 33.1 Å². The SMILES string of the molecule is CCN(CC)c1nc(N)c(C(=O)NC2CCC2)s1. The first-order chi connectivity index (χ1) is 8.65. The van der Waals surface area contributed by atoms with Crippen LogP contribution in [-0.4, -0.2) is 30.0 Å². The molecule has 0 aromatic carbocycles. The van der Waals surface area contributed by atoms with Crippen LogP contribution in [0.25, 0.3) is 0 Å². The summed E-state index contributed by atoms with van der Waals surface area (Å²) in [6.07, 6.45) is 3.36. The summed E-state index contributed by atoms with van der Waals surface area (Å²) in [7, 11) is 0. The summed E-state index contributed by atoms with van der Waals surface area (Å²) in [5, 5.41) is 3.82. The Morgan fingerprint density at radius 2 is 2.17 bits per heavy atom. The maximum atomic E-state index is 12.0. The molecule has 0 radical (unpaired) electrons. The van der Waals surface area contributed by atoms with Crippen molar-refractivity contribution in [2.75, 3.05) is 23.7 Å². The molecule has 3 N–H and O–H groups in total. The van der Waals surface area contributed by atoms with E-state index in [1.54, 1.807) is 0 Å². The number of hydrogen-bond acceptors (Lipinski definition) is 5. The summed E-state index contributed by atoms with van der Waals surface area (Å²) < 4.78 is 0. The van der Waals surface area contributed by atoms with Crippen molar-refractivity contribution in [1.82, 2.24) is 10.3 Å². The maximum absolute atomic E-state index is 12.0. The zero-order valence-electron chi connectivity index (χ0n) is 10.9. The first-order valence-electron chi connectivity index (χ1n) is 6.47. The molecule has 1 aliphatic carbocycles. The Morgan fingerprint density at radius 3 is 2.67 bits per heavy atom. The lowest BCUT2D eigenvalue weighted by atomic mass is 9.93. The second-order valence-corrected chi connectivity index (χ2v) is 5.46. The van der Waals surface area contributed by atoms with E-state index in [0.29, 0.717) is 16.7 Å². The number of thiazole rings is 1. The largest absolute Gasteiger partial charge is 0.382 e. The van der Waals surface area contributed by atoms with Crippen molar-refractivity contribution in [3.05, 3.63) is 4.88 Å². The second-order valence-electron chi connectivity index (χ2n) is 4.48. The molecule has 0 saturated heterocycles. The van der Waals surface area contributed by atoms with Crippen molar-refractivity contribution in [2.24, 2.45) is 0 Å². The number of amides is 1. The Balaban J connectivity index is 2.09. The number of hydrogen-bond donors (Lipinski definition) is 2. The van der Waals surface area contributed by atoms with Gasteiger partial charge in [-0.2, -0.15) is 0 Å². The van der Waals surface area contributed by atoms with Gasteiger partial charge in [-0.25, -0.2) is 4.98 Å². The van der Waals surface area contributed by atoms with Crippen molar-refractivity contribution in [1.29, 1.82) is 0 Å². The molecule has 0 aliphatic heterocycles. The van der Waals surface area contributed by atoms with Crippen LogP contribution >= 0.6 is 11.3 Å². The average molecular weight is 268 g/mol. The Kier molecular flexibility index (Phi) is 4.06. The number of nitrogens with two attached hydrogens (primary N) is 1. The predicted octanol–water partition coefficient (Wildman–Crippen LogP) is 1.85. The number of anilines is 2. The number of nitrogens with one attached hydrogen (secondary N) is 1. The molecule has 0 unspecified atom stereocenters. The summed E-state index contributed by atoms with van der Waals surface area (Å²) in [6.45, 7) is 5.87. The standard InChI is InChI=1S/C12H20N4OS/c1-3-16(4-2)12-15-10(13)9(18-12)11(17)14-8-6-5-7-8/h8H,3-7,13H2,1-2H3,(H,14,17). The minimum atomic E-state index is -0.0758. The highest BCUT2D eigenvalue weighted by atomic mass is 32.1. The van der Waals surface area contributed by atoms with Crippen LogP contribution in [0.3, 0.4) is 0 Å². The van der Waals surface area contributed by atoms with E-state index in [1.807, 2.05) is 0 Å². The van der Waals surface area contributed by atoms with E-state index < -0.39 is 0 Å². The fourth-order valence-corrected chi connectivity index (χ4v) is 2.93. The molecule has 6 heteroatoms. The Morgan fingerprint density at radius 1 is 1.50 bits per heavy atom. The molecule has 2 rings (SSSR count). The van der Waals surface area contributed by atoms with Crippen molar-refractivity contribution in [2.45, 2.75) is 39.2 Å². The van der Waals surface area contributed by atoms with E-state index in [2.05, 4.69) is 29.0 Å². The number of carbonyl (C=O) groups is 1. The normalized spacial score (nSPS) is 15.2. The van der Waals surface area contributed by atoms with E-state index in [-0.39, 0.29) is 5.91 Å². The Bertz CT molecular complexity index is 424. The topological polar surface area (TPSA) is 71.2 Å². The van der Waals surface area contributed by atoms with Gasteiger partial charge >= 0.3 is 0 Å². The summed E-state index contributed by atoms with van der Waals surface area (Å²) in [5.74, 6) is 0.270. The van der Waals surface area contributed by atoms with Crippen LogP contribution in [0.5, 0.6) is 0 Å². The first-order valence-corrected chi connectivity index (χ1v) is 7.29. The number of nitrogens with zero attached hydrogens (tertiary/aromatic N) is 2. The fraction of sp³-hybridized carbons (Fsp3) is 0.667. The van der Waals surface area contributed by atoms with Crippen LogP contribution in [0.1, 0.15) is 42.8 Å². The third kappa shape index (κ3) is 2.58. The summed E-state index contributed by atoms with van der Waals surface area (Å²) in [4.78, 5) is 19.0. The van der Waals surface area contributed by atoms with Gasteiger partial charge in [0, 0.05) is 19.1 Å².